The van der Waals surface area contributed by atoms with Gasteiger partial charge in [-0.3, -0.25) is 14.2 Å². The van der Waals surface area contributed by atoms with Crippen LogP contribution in [0.25, 0.3) is 16.8 Å². The number of carbonyl (C=O) groups excluding carboxylic acids is 2. The van der Waals surface area contributed by atoms with E-state index in [4.69, 9.17) is 4.74 Å². The lowest BCUT2D eigenvalue weighted by atomic mass is 10.0. The van der Waals surface area contributed by atoms with Gasteiger partial charge >= 0.3 is 11.7 Å². The van der Waals surface area contributed by atoms with Gasteiger partial charge in [-0.05, 0) is 31.2 Å². The van der Waals surface area contributed by atoms with E-state index in [1.54, 1.807) is 23.5 Å². The summed E-state index contributed by atoms with van der Waals surface area (Å²) < 4.78 is 63.1. The van der Waals surface area contributed by atoms with E-state index < -0.39 is 58.4 Å². The molecule has 0 saturated heterocycles. The number of nitrogens with one attached hydrogen (secondary N) is 1. The zero-order chi connectivity index (χ0) is 29.5. The number of carbonyl (C=O) groups is 2. The van der Waals surface area contributed by atoms with Gasteiger partial charge in [0.2, 0.25) is 0 Å². The van der Waals surface area contributed by atoms with Crippen molar-refractivity contribution in [2.75, 3.05) is 7.11 Å². The molecule has 1 N–H and O–H groups in total. The van der Waals surface area contributed by atoms with Crippen molar-refractivity contribution in [3.63, 3.8) is 0 Å². The number of aromatic nitrogens is 4. The van der Waals surface area contributed by atoms with E-state index in [1.165, 1.54) is 31.1 Å². The van der Waals surface area contributed by atoms with E-state index in [2.05, 4.69) is 10.3 Å². The van der Waals surface area contributed by atoms with E-state index in [-0.39, 0.29) is 12.0 Å². The van der Waals surface area contributed by atoms with Crippen molar-refractivity contribution in [1.82, 2.24) is 23.8 Å². The molecule has 0 aliphatic rings. The fourth-order valence-corrected chi connectivity index (χ4v) is 4.40. The van der Waals surface area contributed by atoms with Gasteiger partial charge in [-0.1, -0.05) is 0 Å². The summed E-state index contributed by atoms with van der Waals surface area (Å²) in [4.78, 5) is 54.9. The topological polar surface area (TPSA) is 117 Å². The first-order valence-electron chi connectivity index (χ1n) is 11.7. The van der Waals surface area contributed by atoms with Gasteiger partial charge in [0.1, 0.15) is 28.9 Å². The third-order valence-corrected chi connectivity index (χ3v) is 6.61. The van der Waals surface area contributed by atoms with E-state index >= 15 is 0 Å². The Morgan fingerprint density at radius 3 is 2.33 bits per heavy atom. The molecule has 3 heterocycles. The highest BCUT2D eigenvalue weighted by Gasteiger charge is 2.28. The Morgan fingerprint density at radius 1 is 1.07 bits per heavy atom. The Labute approximate surface area is 223 Å². The largest absolute Gasteiger partial charge is 0.467 e. The summed E-state index contributed by atoms with van der Waals surface area (Å²) in [6, 6.07) is 2.35. The first-order valence-corrected chi connectivity index (χ1v) is 11.7. The number of amides is 1. The standard InChI is InChI=1S/C26H23F4N5O5/c1-12-19(24(37)34(3)26(39)33(12)2)15-6-5-14(35-8-7-31-22(15)35)11-18(25(38)40-4)32-23(36)20-16(27)9-13(21(29)30)10-17(20)28/h5-10,18,21H,11H2,1-4H3,(H,32,36)/t18-/m0/s1. The molecule has 0 bridgehead atoms. The number of benzene rings is 1. The van der Waals surface area contributed by atoms with Crippen molar-refractivity contribution in [3.8, 4) is 11.1 Å². The van der Waals surface area contributed by atoms with Crippen LogP contribution in [0.1, 0.15) is 33.7 Å². The Hall–Kier alpha value is -4.75. The van der Waals surface area contributed by atoms with Gasteiger partial charge < -0.3 is 19.0 Å². The molecule has 210 valence electrons. The highest BCUT2D eigenvalue weighted by atomic mass is 19.3. The molecule has 0 unspecified atom stereocenters. The van der Waals surface area contributed by atoms with Gasteiger partial charge in [0.15, 0.2) is 0 Å². The molecular weight excluding hydrogens is 538 g/mol. The van der Waals surface area contributed by atoms with Gasteiger partial charge in [-0.25, -0.2) is 32.1 Å². The molecule has 10 nitrogen and oxygen atoms in total. The van der Waals surface area contributed by atoms with Crippen molar-refractivity contribution in [1.29, 1.82) is 0 Å². The summed E-state index contributed by atoms with van der Waals surface area (Å²) in [5.41, 5.74) is -1.42. The number of rotatable bonds is 7. The minimum atomic E-state index is -3.16. The molecule has 0 fully saturated rings. The fourth-order valence-electron chi connectivity index (χ4n) is 4.40. The van der Waals surface area contributed by atoms with Crippen molar-refractivity contribution < 1.29 is 31.9 Å². The quantitative estimate of drug-likeness (QED) is 0.274. The molecule has 14 heteroatoms. The molecule has 1 amide bonds. The lowest BCUT2D eigenvalue weighted by Crippen LogP contribution is -2.44. The van der Waals surface area contributed by atoms with Crippen LogP contribution in [-0.2, 0) is 30.0 Å². The number of hydrogen-bond acceptors (Lipinski definition) is 6. The van der Waals surface area contributed by atoms with Crippen LogP contribution in [0, 0.1) is 18.6 Å². The number of nitrogens with zero attached hydrogens (tertiary/aromatic N) is 4. The second kappa shape index (κ2) is 10.8. The predicted molar refractivity (Wildman–Crippen MR) is 134 cm³/mol. The monoisotopic (exact) mass is 561 g/mol. The molecule has 1 atom stereocenters. The maximum Gasteiger partial charge on any atom is 0.330 e. The van der Waals surface area contributed by atoms with E-state index in [0.717, 1.165) is 11.7 Å². The molecule has 4 aromatic rings. The molecule has 0 aliphatic heterocycles. The van der Waals surface area contributed by atoms with Crippen LogP contribution in [0.5, 0.6) is 0 Å². The Morgan fingerprint density at radius 2 is 1.73 bits per heavy atom. The smallest absolute Gasteiger partial charge is 0.330 e. The molecule has 4 rings (SSSR count). The number of fused-ring (bicyclic) bond motifs is 1. The van der Waals surface area contributed by atoms with Gasteiger partial charge in [-0.2, -0.15) is 0 Å². The Bertz CT molecular complexity index is 1750. The summed E-state index contributed by atoms with van der Waals surface area (Å²) in [6.07, 6.45) is -0.428. The maximum atomic E-state index is 14.4. The van der Waals surface area contributed by atoms with Crippen molar-refractivity contribution in [2.45, 2.75) is 25.8 Å². The van der Waals surface area contributed by atoms with E-state index in [9.17, 15) is 36.7 Å². The second-order valence-corrected chi connectivity index (χ2v) is 8.94. The normalized spacial score (nSPS) is 12.1. The summed E-state index contributed by atoms with van der Waals surface area (Å²) in [5.74, 6) is -5.34. The number of hydrogen-bond donors (Lipinski definition) is 1. The van der Waals surface area contributed by atoms with Crippen LogP contribution in [0.4, 0.5) is 17.6 Å². The third-order valence-electron chi connectivity index (χ3n) is 6.61. The highest BCUT2D eigenvalue weighted by Crippen LogP contribution is 2.26. The van der Waals surface area contributed by atoms with Crippen LogP contribution in [0.2, 0.25) is 0 Å². The number of imidazole rings is 1. The lowest BCUT2D eigenvalue weighted by molar-refractivity contribution is -0.142. The first-order chi connectivity index (χ1) is 18.9. The van der Waals surface area contributed by atoms with Gasteiger partial charge in [0.05, 0.1) is 12.7 Å². The first kappa shape index (κ1) is 28.3. The van der Waals surface area contributed by atoms with Gasteiger partial charge in [0, 0.05) is 55.4 Å². The maximum absolute atomic E-state index is 14.4. The average molecular weight is 561 g/mol. The van der Waals surface area contributed by atoms with Crippen molar-refractivity contribution in [3.05, 3.63) is 91.6 Å². The number of esters is 1. The Balaban J connectivity index is 1.74. The molecule has 40 heavy (non-hydrogen) atoms. The summed E-state index contributed by atoms with van der Waals surface area (Å²) in [7, 11) is 3.92. The van der Waals surface area contributed by atoms with Crippen molar-refractivity contribution in [2.24, 2.45) is 14.1 Å². The van der Waals surface area contributed by atoms with Crippen molar-refractivity contribution >= 4 is 17.5 Å². The Kier molecular flexibility index (Phi) is 7.62. The summed E-state index contributed by atoms with van der Waals surface area (Å²) in [5, 5.41) is 2.20. The number of methoxy groups -OCH3 is 1. The van der Waals surface area contributed by atoms with Crippen LogP contribution < -0.4 is 16.6 Å². The lowest BCUT2D eigenvalue weighted by Gasteiger charge is -2.19. The van der Waals surface area contributed by atoms with Gasteiger partial charge in [0.25, 0.3) is 17.9 Å². The zero-order valence-corrected chi connectivity index (χ0v) is 21.7. The average Bonchev–Trinajstić information content (AvgIpc) is 3.41. The zero-order valence-electron chi connectivity index (χ0n) is 21.7. The van der Waals surface area contributed by atoms with E-state index in [0.29, 0.717) is 34.7 Å². The van der Waals surface area contributed by atoms with Crippen LogP contribution in [0.3, 0.4) is 0 Å². The number of halogens is 4. The molecule has 0 aliphatic carbocycles. The molecule has 0 spiro atoms. The van der Waals surface area contributed by atoms with Crippen LogP contribution in [-0.4, -0.2) is 43.5 Å². The molecule has 0 radical (unpaired) electrons. The third kappa shape index (κ3) is 4.87. The minimum Gasteiger partial charge on any atom is -0.467 e. The van der Waals surface area contributed by atoms with E-state index in [1.807, 2.05) is 0 Å². The van der Waals surface area contributed by atoms with Crippen LogP contribution >= 0.6 is 0 Å². The molecule has 1 aromatic carbocycles. The minimum absolute atomic E-state index is 0.225. The summed E-state index contributed by atoms with van der Waals surface area (Å²) in [6.45, 7) is 1.61. The molecule has 3 aromatic heterocycles. The predicted octanol–water partition coefficient (Wildman–Crippen LogP) is 2.44. The fraction of sp³-hybridized carbons (Fsp3) is 0.269. The highest BCUT2D eigenvalue weighted by molar-refractivity contribution is 5.97. The molecular formula is C26H23F4N5O5. The number of ether oxygens (including phenoxy) is 1. The second-order valence-electron chi connectivity index (χ2n) is 8.94. The molecule has 0 saturated carbocycles. The summed E-state index contributed by atoms with van der Waals surface area (Å²) >= 11 is 0. The number of alkyl halides is 2. The van der Waals surface area contributed by atoms with Crippen LogP contribution in [0.15, 0.2) is 46.2 Å². The SMILES string of the molecule is COC(=O)[C@H](Cc1ccc(-c2c(C)n(C)c(=O)n(C)c2=O)c2nccn12)NC(=O)c1c(F)cc(C(F)F)cc1F. The number of pyridine rings is 1. The van der Waals surface area contributed by atoms with Gasteiger partial charge in [-0.15, -0.1) is 0 Å².